The van der Waals surface area contributed by atoms with Gasteiger partial charge in [-0.15, -0.1) is 20.4 Å². The topological polar surface area (TPSA) is 77.8 Å². The zero-order valence-corrected chi connectivity index (χ0v) is 19.7. The largest absolute Gasteiger partial charge is 0.420 e. The van der Waals surface area contributed by atoms with Gasteiger partial charge in [0.15, 0.2) is 0 Å². The molecule has 0 saturated heterocycles. The Labute approximate surface area is 198 Å². The predicted octanol–water partition coefficient (Wildman–Crippen LogP) is 7.37. The summed E-state index contributed by atoms with van der Waals surface area (Å²) in [5.74, 6) is 2.81. The quantitative estimate of drug-likeness (QED) is 0.269. The maximum Gasteiger partial charge on any atom is 0.247 e. The molecule has 170 valence electrons. The first-order valence-electron chi connectivity index (χ1n) is 11.5. The highest BCUT2D eigenvalue weighted by Crippen LogP contribution is 2.30. The van der Waals surface area contributed by atoms with Gasteiger partial charge in [-0.3, -0.25) is 0 Å². The van der Waals surface area contributed by atoms with Gasteiger partial charge in [-0.05, 0) is 52.6 Å². The summed E-state index contributed by atoms with van der Waals surface area (Å²) in [4.78, 5) is 0. The van der Waals surface area contributed by atoms with Gasteiger partial charge < -0.3 is 8.83 Å². The minimum atomic E-state index is 0.210. The first-order chi connectivity index (χ1) is 16.5. The molecule has 0 aliphatic carbocycles. The van der Waals surface area contributed by atoms with E-state index in [0.29, 0.717) is 23.6 Å². The summed E-state index contributed by atoms with van der Waals surface area (Å²) in [6, 6.07) is 24.9. The molecule has 0 aliphatic heterocycles. The van der Waals surface area contributed by atoms with Crippen LogP contribution in [-0.2, 0) is 0 Å². The Kier molecular flexibility index (Phi) is 5.80. The van der Waals surface area contributed by atoms with Crippen LogP contribution < -0.4 is 0 Å². The van der Waals surface area contributed by atoms with Crippen molar-refractivity contribution in [1.82, 2.24) is 20.4 Å². The van der Waals surface area contributed by atoms with Crippen molar-refractivity contribution in [3.63, 3.8) is 0 Å². The minimum Gasteiger partial charge on any atom is -0.420 e. The maximum absolute atomic E-state index is 5.77. The highest BCUT2D eigenvalue weighted by molar-refractivity contribution is 5.75. The fourth-order valence-corrected chi connectivity index (χ4v) is 3.66. The van der Waals surface area contributed by atoms with Crippen LogP contribution in [-0.4, -0.2) is 20.4 Å². The van der Waals surface area contributed by atoms with E-state index in [1.807, 2.05) is 52.0 Å². The first kappa shape index (κ1) is 21.8. The van der Waals surface area contributed by atoms with E-state index in [1.54, 1.807) is 0 Å². The van der Waals surface area contributed by atoms with Crippen LogP contribution in [0.4, 0.5) is 0 Å². The van der Waals surface area contributed by atoms with Crippen LogP contribution in [0.3, 0.4) is 0 Å². The van der Waals surface area contributed by atoms with E-state index in [1.165, 1.54) is 0 Å². The van der Waals surface area contributed by atoms with Crippen molar-refractivity contribution in [3.05, 3.63) is 84.6 Å². The van der Waals surface area contributed by atoms with Crippen LogP contribution in [0.25, 0.3) is 45.2 Å². The zero-order chi connectivity index (χ0) is 23.7. The Balaban J connectivity index is 1.37. The SMILES string of the molecule is CC(C)c1nnc(-c2ccc(-c3cccc(-c4ccc(-c5nnc(C(C)C)o5)cc4)c3)cc2)o1. The van der Waals surface area contributed by atoms with Crippen molar-refractivity contribution >= 4 is 0 Å². The Bertz CT molecular complexity index is 1290. The number of hydrogen-bond acceptors (Lipinski definition) is 6. The number of nitrogens with zero attached hydrogens (tertiary/aromatic N) is 4. The molecule has 0 spiro atoms. The summed E-state index contributed by atoms with van der Waals surface area (Å²) < 4.78 is 11.5. The molecule has 2 aromatic heterocycles. The molecular formula is C28H26N4O2. The second-order valence-corrected chi connectivity index (χ2v) is 8.94. The van der Waals surface area contributed by atoms with Gasteiger partial charge in [0.1, 0.15) is 0 Å². The van der Waals surface area contributed by atoms with E-state index < -0.39 is 0 Å². The zero-order valence-electron chi connectivity index (χ0n) is 19.7. The molecule has 34 heavy (non-hydrogen) atoms. The summed E-state index contributed by atoms with van der Waals surface area (Å²) in [7, 11) is 0. The summed E-state index contributed by atoms with van der Waals surface area (Å²) in [6.45, 7) is 8.15. The van der Waals surface area contributed by atoms with Crippen molar-refractivity contribution in [3.8, 4) is 45.2 Å². The second-order valence-electron chi connectivity index (χ2n) is 8.94. The van der Waals surface area contributed by atoms with Gasteiger partial charge in [0, 0.05) is 23.0 Å². The highest BCUT2D eigenvalue weighted by Gasteiger charge is 2.13. The Morgan fingerprint density at radius 2 is 0.853 bits per heavy atom. The van der Waals surface area contributed by atoms with Gasteiger partial charge in [0.25, 0.3) is 0 Å². The third kappa shape index (κ3) is 4.39. The van der Waals surface area contributed by atoms with Crippen LogP contribution in [0.1, 0.15) is 51.3 Å². The van der Waals surface area contributed by atoms with Gasteiger partial charge in [0.2, 0.25) is 23.6 Å². The fourth-order valence-electron chi connectivity index (χ4n) is 3.66. The third-order valence-corrected chi connectivity index (χ3v) is 5.66. The fraction of sp³-hybridized carbons (Fsp3) is 0.214. The molecule has 6 heteroatoms. The minimum absolute atomic E-state index is 0.210. The summed E-state index contributed by atoms with van der Waals surface area (Å²) >= 11 is 0. The smallest absolute Gasteiger partial charge is 0.247 e. The van der Waals surface area contributed by atoms with E-state index in [4.69, 9.17) is 8.83 Å². The van der Waals surface area contributed by atoms with E-state index in [0.717, 1.165) is 33.4 Å². The lowest BCUT2D eigenvalue weighted by Crippen LogP contribution is -1.85. The van der Waals surface area contributed by atoms with Gasteiger partial charge in [-0.1, -0.05) is 70.2 Å². The molecule has 0 radical (unpaired) electrons. The monoisotopic (exact) mass is 450 g/mol. The normalized spacial score (nSPS) is 11.5. The van der Waals surface area contributed by atoms with Crippen LogP contribution in [0, 0.1) is 0 Å². The van der Waals surface area contributed by atoms with Crippen LogP contribution >= 0.6 is 0 Å². The van der Waals surface area contributed by atoms with Crippen LogP contribution in [0.5, 0.6) is 0 Å². The Morgan fingerprint density at radius 3 is 1.21 bits per heavy atom. The maximum atomic E-state index is 5.77. The molecule has 0 amide bonds. The summed E-state index contributed by atoms with van der Waals surface area (Å²) in [6.07, 6.45) is 0. The molecule has 5 rings (SSSR count). The first-order valence-corrected chi connectivity index (χ1v) is 11.5. The van der Waals surface area contributed by atoms with Crippen LogP contribution in [0.2, 0.25) is 0 Å². The van der Waals surface area contributed by atoms with Crippen molar-refractivity contribution in [2.45, 2.75) is 39.5 Å². The van der Waals surface area contributed by atoms with Gasteiger partial charge in [-0.2, -0.15) is 0 Å². The van der Waals surface area contributed by atoms with Crippen LogP contribution in [0.15, 0.2) is 81.6 Å². The van der Waals surface area contributed by atoms with E-state index in [2.05, 4.69) is 68.9 Å². The molecule has 3 aromatic carbocycles. The number of aromatic nitrogens is 4. The Morgan fingerprint density at radius 1 is 0.471 bits per heavy atom. The van der Waals surface area contributed by atoms with Crippen molar-refractivity contribution in [1.29, 1.82) is 0 Å². The number of rotatable bonds is 6. The standard InChI is InChI=1S/C28H26N4O2/c1-17(2)25-29-31-27(33-25)21-12-8-19(9-13-21)23-6-5-7-24(16-23)20-10-14-22(15-11-20)28-32-30-26(34-28)18(3)4/h5-18H,1-4H3. The van der Waals surface area contributed by atoms with Gasteiger partial charge in [-0.25, -0.2) is 0 Å². The Hall–Kier alpha value is -4.06. The van der Waals surface area contributed by atoms with E-state index in [9.17, 15) is 0 Å². The van der Waals surface area contributed by atoms with Crippen molar-refractivity contribution in [2.24, 2.45) is 0 Å². The van der Waals surface area contributed by atoms with E-state index >= 15 is 0 Å². The van der Waals surface area contributed by atoms with Gasteiger partial charge >= 0.3 is 0 Å². The van der Waals surface area contributed by atoms with Crippen molar-refractivity contribution in [2.75, 3.05) is 0 Å². The van der Waals surface area contributed by atoms with Crippen molar-refractivity contribution < 1.29 is 8.83 Å². The summed E-state index contributed by atoms with van der Waals surface area (Å²) in [5, 5.41) is 16.6. The second kappa shape index (κ2) is 9.06. The lowest BCUT2D eigenvalue weighted by atomic mass is 9.98. The number of hydrogen-bond donors (Lipinski definition) is 0. The van der Waals surface area contributed by atoms with Gasteiger partial charge in [0.05, 0.1) is 0 Å². The average Bonchev–Trinajstić information content (AvgIpc) is 3.55. The molecule has 0 N–H and O–H groups in total. The predicted molar refractivity (Wildman–Crippen MR) is 132 cm³/mol. The molecule has 0 saturated carbocycles. The molecule has 0 atom stereocenters. The number of benzene rings is 3. The molecule has 0 unspecified atom stereocenters. The molecular weight excluding hydrogens is 424 g/mol. The molecule has 0 bridgehead atoms. The molecule has 0 fully saturated rings. The molecule has 2 heterocycles. The lowest BCUT2D eigenvalue weighted by Gasteiger charge is -2.07. The van der Waals surface area contributed by atoms with E-state index in [-0.39, 0.29) is 11.8 Å². The summed E-state index contributed by atoms with van der Waals surface area (Å²) in [5.41, 5.74) is 6.35. The third-order valence-electron chi connectivity index (χ3n) is 5.66. The lowest BCUT2D eigenvalue weighted by molar-refractivity contribution is 0.481. The average molecular weight is 451 g/mol. The highest BCUT2D eigenvalue weighted by atomic mass is 16.4. The molecule has 5 aromatic rings. The molecule has 6 nitrogen and oxygen atoms in total. The molecule has 0 aliphatic rings.